The van der Waals surface area contributed by atoms with E-state index in [0.29, 0.717) is 44.3 Å². The number of rotatable bonds is 4. The van der Waals surface area contributed by atoms with Crippen LogP contribution in [-0.4, -0.2) is 30.6 Å². The monoisotopic (exact) mass is 477 g/mol. The van der Waals surface area contributed by atoms with Crippen LogP contribution in [0.1, 0.15) is 18.5 Å². The molecule has 4 heterocycles. The third-order valence-electron chi connectivity index (χ3n) is 5.19. The first kappa shape index (κ1) is 21.1. The number of aromatic nitrogens is 5. The fourth-order valence-electron chi connectivity index (χ4n) is 3.71. The summed E-state index contributed by atoms with van der Waals surface area (Å²) in [7, 11) is 0. The summed E-state index contributed by atoms with van der Waals surface area (Å²) in [6, 6.07) is 11.7. The second-order valence-corrected chi connectivity index (χ2v) is 8.22. The molecular formula is C23H17Cl2N7O. The Kier molecular flexibility index (Phi) is 5.53. The van der Waals surface area contributed by atoms with Crippen molar-refractivity contribution < 1.29 is 4.79 Å². The Balaban J connectivity index is 1.64. The fraction of sp³-hybridized carbons (Fsp3) is 0.0870. The lowest BCUT2D eigenvalue weighted by Gasteiger charge is -2.29. The van der Waals surface area contributed by atoms with Gasteiger partial charge in [0.15, 0.2) is 5.82 Å². The SMILES string of the molecule is CC1=C(C(=O)Nc2cccnc2)C(c2ccc(Cl)cc2Cl)n2nc(-c3cccnc3)nc2N1. The average Bonchev–Trinajstić information content (AvgIpc) is 3.23. The molecule has 1 aliphatic rings. The number of pyridine rings is 2. The molecular weight excluding hydrogens is 461 g/mol. The van der Waals surface area contributed by atoms with Gasteiger partial charge in [0, 0.05) is 45.5 Å². The van der Waals surface area contributed by atoms with E-state index in [1.807, 2.05) is 19.1 Å². The van der Waals surface area contributed by atoms with Crippen molar-refractivity contribution in [2.45, 2.75) is 13.0 Å². The smallest absolute Gasteiger partial charge is 0.255 e. The number of halogens is 2. The molecule has 1 atom stereocenters. The van der Waals surface area contributed by atoms with Crippen molar-refractivity contribution in [3.05, 3.63) is 94.1 Å². The van der Waals surface area contributed by atoms with Crippen LogP contribution in [0, 0.1) is 0 Å². The van der Waals surface area contributed by atoms with E-state index >= 15 is 0 Å². The third-order valence-corrected chi connectivity index (χ3v) is 5.76. The first-order valence-corrected chi connectivity index (χ1v) is 10.8. The molecule has 1 aromatic carbocycles. The van der Waals surface area contributed by atoms with Gasteiger partial charge in [-0.15, -0.1) is 5.10 Å². The number of hydrogen-bond acceptors (Lipinski definition) is 6. The van der Waals surface area contributed by atoms with Crippen LogP contribution in [0.5, 0.6) is 0 Å². The summed E-state index contributed by atoms with van der Waals surface area (Å²) in [5, 5.41) is 11.7. The van der Waals surface area contributed by atoms with Gasteiger partial charge in [-0.25, -0.2) is 4.68 Å². The third kappa shape index (κ3) is 4.06. The lowest BCUT2D eigenvalue weighted by atomic mass is 9.95. The van der Waals surface area contributed by atoms with Gasteiger partial charge in [-0.3, -0.25) is 14.8 Å². The van der Waals surface area contributed by atoms with Crippen LogP contribution < -0.4 is 10.6 Å². The lowest BCUT2D eigenvalue weighted by Crippen LogP contribution is -2.31. The van der Waals surface area contributed by atoms with Crippen molar-refractivity contribution in [1.29, 1.82) is 0 Å². The van der Waals surface area contributed by atoms with E-state index in [4.69, 9.17) is 28.3 Å². The number of nitrogens with one attached hydrogen (secondary N) is 2. The maximum Gasteiger partial charge on any atom is 0.255 e. The second kappa shape index (κ2) is 8.65. The fourth-order valence-corrected chi connectivity index (χ4v) is 4.22. The van der Waals surface area contributed by atoms with Crippen LogP contribution in [0.2, 0.25) is 10.0 Å². The maximum atomic E-state index is 13.4. The van der Waals surface area contributed by atoms with E-state index in [0.717, 1.165) is 5.56 Å². The molecule has 0 saturated heterocycles. The predicted molar refractivity (Wildman–Crippen MR) is 127 cm³/mol. The van der Waals surface area contributed by atoms with Crippen LogP contribution in [0.25, 0.3) is 11.4 Å². The average molecular weight is 478 g/mol. The Hall–Kier alpha value is -3.75. The van der Waals surface area contributed by atoms with Crippen LogP contribution in [0.4, 0.5) is 11.6 Å². The largest absolute Gasteiger partial charge is 0.328 e. The summed E-state index contributed by atoms with van der Waals surface area (Å²) in [5.41, 5.74) is 3.07. The van der Waals surface area contributed by atoms with Crippen molar-refractivity contribution in [1.82, 2.24) is 24.7 Å². The summed E-state index contributed by atoms with van der Waals surface area (Å²) < 4.78 is 1.66. The first-order valence-electron chi connectivity index (χ1n) is 10.0. The Bertz CT molecular complexity index is 1370. The zero-order valence-corrected chi connectivity index (χ0v) is 18.8. The van der Waals surface area contributed by atoms with Crippen LogP contribution in [-0.2, 0) is 4.79 Å². The predicted octanol–water partition coefficient (Wildman–Crippen LogP) is 4.97. The van der Waals surface area contributed by atoms with Gasteiger partial charge in [-0.05, 0) is 43.3 Å². The maximum absolute atomic E-state index is 13.4. The molecule has 3 aromatic heterocycles. The zero-order valence-electron chi connectivity index (χ0n) is 17.3. The molecule has 0 saturated carbocycles. The molecule has 0 radical (unpaired) electrons. The Morgan fingerprint density at radius 3 is 2.58 bits per heavy atom. The van der Waals surface area contributed by atoms with Gasteiger partial charge in [0.1, 0.15) is 6.04 Å². The molecule has 4 aromatic rings. The van der Waals surface area contributed by atoms with Crippen LogP contribution in [0.15, 0.2) is 78.5 Å². The van der Waals surface area contributed by atoms with E-state index in [9.17, 15) is 4.79 Å². The second-order valence-electron chi connectivity index (χ2n) is 7.37. The van der Waals surface area contributed by atoms with Gasteiger partial charge in [-0.2, -0.15) is 4.98 Å². The number of carbonyl (C=O) groups is 1. The number of amides is 1. The Labute approximate surface area is 199 Å². The van der Waals surface area contributed by atoms with Crippen LogP contribution in [0.3, 0.4) is 0 Å². The molecule has 1 amide bonds. The van der Waals surface area contributed by atoms with Crippen LogP contribution >= 0.6 is 23.2 Å². The van der Waals surface area contributed by atoms with E-state index in [2.05, 4.69) is 25.6 Å². The lowest BCUT2D eigenvalue weighted by molar-refractivity contribution is -0.113. The highest BCUT2D eigenvalue weighted by molar-refractivity contribution is 6.35. The van der Waals surface area contributed by atoms with Gasteiger partial charge in [0.25, 0.3) is 5.91 Å². The highest BCUT2D eigenvalue weighted by Crippen LogP contribution is 2.40. The zero-order chi connectivity index (χ0) is 22.9. The number of fused-ring (bicyclic) bond motifs is 1. The van der Waals surface area contributed by atoms with Crippen molar-refractivity contribution >= 4 is 40.7 Å². The summed E-state index contributed by atoms with van der Waals surface area (Å²) in [4.78, 5) is 26.3. The summed E-state index contributed by atoms with van der Waals surface area (Å²) >= 11 is 12.7. The van der Waals surface area contributed by atoms with Crippen molar-refractivity contribution in [3.8, 4) is 11.4 Å². The molecule has 33 heavy (non-hydrogen) atoms. The van der Waals surface area contributed by atoms with E-state index < -0.39 is 6.04 Å². The molecule has 0 spiro atoms. The number of hydrogen-bond donors (Lipinski definition) is 2. The summed E-state index contributed by atoms with van der Waals surface area (Å²) in [6.07, 6.45) is 6.58. The normalized spacial score (nSPS) is 15.1. The van der Waals surface area contributed by atoms with Gasteiger partial charge >= 0.3 is 0 Å². The van der Waals surface area contributed by atoms with Gasteiger partial charge in [0.2, 0.25) is 5.95 Å². The molecule has 1 unspecified atom stereocenters. The van der Waals surface area contributed by atoms with Gasteiger partial charge < -0.3 is 10.6 Å². The van der Waals surface area contributed by atoms with Crippen molar-refractivity contribution in [3.63, 3.8) is 0 Å². The van der Waals surface area contributed by atoms with Crippen molar-refractivity contribution in [2.24, 2.45) is 0 Å². The highest BCUT2D eigenvalue weighted by Gasteiger charge is 2.35. The molecule has 10 heteroatoms. The Morgan fingerprint density at radius 1 is 1.09 bits per heavy atom. The number of allylic oxidation sites excluding steroid dienone is 1. The minimum Gasteiger partial charge on any atom is -0.328 e. The first-order chi connectivity index (χ1) is 16.0. The van der Waals surface area contributed by atoms with E-state index in [1.54, 1.807) is 59.8 Å². The minimum absolute atomic E-state index is 0.312. The highest BCUT2D eigenvalue weighted by atomic mass is 35.5. The van der Waals surface area contributed by atoms with Crippen molar-refractivity contribution in [2.75, 3.05) is 10.6 Å². The minimum atomic E-state index is -0.638. The molecule has 0 aliphatic carbocycles. The topological polar surface area (TPSA) is 97.6 Å². The number of carbonyl (C=O) groups excluding carboxylic acids is 1. The summed E-state index contributed by atoms with van der Waals surface area (Å²) in [6.45, 7) is 1.82. The van der Waals surface area contributed by atoms with E-state index in [-0.39, 0.29) is 5.91 Å². The molecule has 2 N–H and O–H groups in total. The van der Waals surface area contributed by atoms with Gasteiger partial charge in [-0.1, -0.05) is 29.3 Å². The standard InChI is InChI=1S/C23H17Cl2N7O/c1-13-19(22(33)29-16-5-3-9-27-12-16)20(17-7-6-15(24)10-18(17)25)32-23(28-13)30-21(31-32)14-4-2-8-26-11-14/h2-12,20H,1H3,(H,29,33)(H,28,30,31). The molecule has 0 fully saturated rings. The number of benzene rings is 1. The number of anilines is 2. The molecule has 8 nitrogen and oxygen atoms in total. The quantitative estimate of drug-likeness (QED) is 0.430. The van der Waals surface area contributed by atoms with E-state index in [1.165, 1.54) is 0 Å². The molecule has 5 rings (SSSR count). The number of nitrogens with zero attached hydrogens (tertiary/aromatic N) is 5. The molecule has 0 bridgehead atoms. The summed E-state index contributed by atoms with van der Waals surface area (Å²) in [5.74, 6) is 0.649. The van der Waals surface area contributed by atoms with Gasteiger partial charge in [0.05, 0.1) is 17.5 Å². The Morgan fingerprint density at radius 2 is 1.88 bits per heavy atom. The molecule has 164 valence electrons. The molecule has 1 aliphatic heterocycles.